The highest BCUT2D eigenvalue weighted by Gasteiger charge is 2.28. The van der Waals surface area contributed by atoms with Crippen LogP contribution in [0.2, 0.25) is 5.02 Å². The average Bonchev–Trinajstić information content (AvgIpc) is 2.25. The molecule has 0 saturated heterocycles. The molecule has 0 bridgehead atoms. The first-order chi connectivity index (χ1) is 7.89. The third kappa shape index (κ3) is 2.45. The fourth-order valence-corrected chi connectivity index (χ4v) is 1.99. The van der Waals surface area contributed by atoms with Crippen LogP contribution in [0.4, 0.5) is 0 Å². The van der Waals surface area contributed by atoms with Crippen LogP contribution in [-0.4, -0.2) is 12.6 Å². The zero-order chi connectivity index (χ0) is 12.6. The molecule has 92 valence electrons. The molecule has 4 heteroatoms. The molecule has 0 atom stereocenters. The lowest BCUT2D eigenvalue weighted by Gasteiger charge is -2.24. The number of benzene rings is 1. The van der Waals surface area contributed by atoms with Crippen LogP contribution in [0.1, 0.15) is 36.7 Å². The van der Waals surface area contributed by atoms with Crippen molar-refractivity contribution in [1.29, 1.82) is 0 Å². The summed E-state index contributed by atoms with van der Waals surface area (Å²) in [4.78, 5) is 12.3. The Morgan fingerprint density at radius 1 is 1.35 bits per heavy atom. The van der Waals surface area contributed by atoms with Crippen LogP contribution in [0.3, 0.4) is 0 Å². The molecular weight excluding hydrogens is 240 g/mol. The number of Topliss-reactive ketones (excluding diaryl/α,β-unsaturated/α-hetero) is 1. The Morgan fingerprint density at radius 2 is 2.06 bits per heavy atom. The van der Waals surface area contributed by atoms with E-state index in [0.717, 1.165) is 5.56 Å². The third-order valence-corrected chi connectivity index (χ3v) is 2.82. The summed E-state index contributed by atoms with van der Waals surface area (Å²) in [6, 6.07) is 3.44. The van der Waals surface area contributed by atoms with Gasteiger partial charge in [0.05, 0.1) is 12.2 Å². The number of hydrogen-bond donors (Lipinski definition) is 0. The fourth-order valence-electron chi connectivity index (χ4n) is 1.75. The van der Waals surface area contributed by atoms with Crippen molar-refractivity contribution in [2.75, 3.05) is 6.79 Å². The zero-order valence-electron chi connectivity index (χ0n) is 10.2. The molecule has 3 nitrogen and oxygen atoms in total. The Morgan fingerprint density at radius 3 is 2.71 bits per heavy atom. The van der Waals surface area contributed by atoms with Gasteiger partial charge in [0.15, 0.2) is 12.6 Å². The average molecular weight is 255 g/mol. The van der Waals surface area contributed by atoms with Crippen LogP contribution in [0.25, 0.3) is 0 Å². The number of hydrogen-bond acceptors (Lipinski definition) is 3. The first-order valence-electron chi connectivity index (χ1n) is 5.47. The number of rotatable bonds is 1. The van der Waals surface area contributed by atoms with E-state index in [4.69, 9.17) is 21.1 Å². The highest BCUT2D eigenvalue weighted by atomic mass is 35.5. The summed E-state index contributed by atoms with van der Waals surface area (Å²) >= 11 is 6.01. The monoisotopic (exact) mass is 254 g/mol. The topological polar surface area (TPSA) is 35.5 Å². The molecule has 0 N–H and O–H groups in total. The third-order valence-electron chi connectivity index (χ3n) is 2.60. The van der Waals surface area contributed by atoms with Crippen LogP contribution >= 0.6 is 11.6 Å². The Labute approximate surface area is 106 Å². The maximum atomic E-state index is 12.3. The maximum absolute atomic E-state index is 12.3. The summed E-state index contributed by atoms with van der Waals surface area (Å²) in [7, 11) is 0. The Hall–Kier alpha value is -1.06. The van der Waals surface area contributed by atoms with E-state index < -0.39 is 5.41 Å². The summed E-state index contributed by atoms with van der Waals surface area (Å²) in [6.45, 7) is 6.24. The number of ether oxygens (including phenoxy) is 2. The van der Waals surface area contributed by atoms with Gasteiger partial charge in [-0.2, -0.15) is 0 Å². The zero-order valence-corrected chi connectivity index (χ0v) is 10.9. The minimum absolute atomic E-state index is 0.0261. The van der Waals surface area contributed by atoms with Gasteiger partial charge in [-0.15, -0.1) is 0 Å². The molecule has 1 aromatic carbocycles. The number of carbonyl (C=O) groups is 1. The van der Waals surface area contributed by atoms with E-state index in [0.29, 0.717) is 22.9 Å². The molecule has 2 rings (SSSR count). The first-order valence-corrected chi connectivity index (χ1v) is 5.85. The predicted molar refractivity (Wildman–Crippen MR) is 65.5 cm³/mol. The van der Waals surface area contributed by atoms with E-state index in [1.807, 2.05) is 20.8 Å². The van der Waals surface area contributed by atoms with Crippen molar-refractivity contribution in [3.8, 4) is 5.75 Å². The van der Waals surface area contributed by atoms with Gasteiger partial charge in [-0.25, -0.2) is 0 Å². The van der Waals surface area contributed by atoms with Crippen LogP contribution in [0.15, 0.2) is 12.1 Å². The molecule has 0 aromatic heterocycles. The molecule has 0 amide bonds. The van der Waals surface area contributed by atoms with Gasteiger partial charge in [-0.3, -0.25) is 4.79 Å². The second-order valence-corrected chi connectivity index (χ2v) is 5.57. The largest absolute Gasteiger partial charge is 0.466 e. The lowest BCUT2D eigenvalue weighted by atomic mass is 9.85. The number of ketones is 1. The van der Waals surface area contributed by atoms with Crippen molar-refractivity contribution in [1.82, 2.24) is 0 Å². The van der Waals surface area contributed by atoms with Crippen molar-refractivity contribution in [3.63, 3.8) is 0 Å². The second-order valence-electron chi connectivity index (χ2n) is 5.13. The van der Waals surface area contributed by atoms with Crippen molar-refractivity contribution in [3.05, 3.63) is 28.3 Å². The van der Waals surface area contributed by atoms with Gasteiger partial charge >= 0.3 is 0 Å². The quantitative estimate of drug-likeness (QED) is 0.721. The number of carbonyl (C=O) groups excluding carboxylic acids is 1. The van der Waals surface area contributed by atoms with Gasteiger partial charge in [0, 0.05) is 16.0 Å². The van der Waals surface area contributed by atoms with Crippen molar-refractivity contribution < 1.29 is 14.3 Å². The molecule has 1 aliphatic rings. The summed E-state index contributed by atoms with van der Waals surface area (Å²) in [5.41, 5.74) is 0.916. The Kier molecular flexibility index (Phi) is 3.15. The Bertz CT molecular complexity index is 460. The highest BCUT2D eigenvalue weighted by molar-refractivity contribution is 6.31. The van der Waals surface area contributed by atoms with Gasteiger partial charge in [0.25, 0.3) is 0 Å². The van der Waals surface area contributed by atoms with Crippen molar-refractivity contribution in [2.24, 2.45) is 5.41 Å². The Balaban J connectivity index is 2.53. The highest BCUT2D eigenvalue weighted by Crippen LogP contribution is 2.35. The predicted octanol–water partition coefficient (Wildman–Crippen LogP) is 3.44. The van der Waals surface area contributed by atoms with E-state index in [9.17, 15) is 4.79 Å². The fraction of sp³-hybridized carbons (Fsp3) is 0.462. The molecule has 0 saturated carbocycles. The lowest BCUT2D eigenvalue weighted by molar-refractivity contribution is -0.0169. The summed E-state index contributed by atoms with van der Waals surface area (Å²) in [5.74, 6) is 0.638. The molecule has 0 spiro atoms. The normalized spacial score (nSPS) is 15.1. The summed E-state index contributed by atoms with van der Waals surface area (Å²) in [6.07, 6.45) is 0. The van der Waals surface area contributed by atoms with Crippen molar-refractivity contribution in [2.45, 2.75) is 27.4 Å². The van der Waals surface area contributed by atoms with Crippen LogP contribution < -0.4 is 4.74 Å². The molecule has 1 aromatic rings. The standard InChI is InChI=1S/C13H15ClO3/c1-13(2,3)12(15)10-5-9(14)4-8-6-16-7-17-11(8)10/h4-5H,6-7H2,1-3H3. The number of halogens is 1. The van der Waals surface area contributed by atoms with E-state index >= 15 is 0 Å². The second kappa shape index (κ2) is 4.31. The van der Waals surface area contributed by atoms with Crippen molar-refractivity contribution >= 4 is 17.4 Å². The van der Waals surface area contributed by atoms with Gasteiger partial charge in [0.1, 0.15) is 5.75 Å². The molecule has 0 aliphatic carbocycles. The molecule has 1 heterocycles. The lowest BCUT2D eigenvalue weighted by Crippen LogP contribution is -2.23. The van der Waals surface area contributed by atoms with Crippen LogP contribution in [-0.2, 0) is 11.3 Å². The van der Waals surface area contributed by atoms with E-state index in [-0.39, 0.29) is 12.6 Å². The maximum Gasteiger partial charge on any atom is 0.189 e. The number of fused-ring (bicyclic) bond motifs is 1. The first kappa shape index (κ1) is 12.4. The molecular formula is C13H15ClO3. The van der Waals surface area contributed by atoms with E-state index in [1.54, 1.807) is 12.1 Å². The molecule has 0 unspecified atom stereocenters. The van der Waals surface area contributed by atoms with Crippen LogP contribution in [0.5, 0.6) is 5.75 Å². The summed E-state index contributed by atoms with van der Waals surface area (Å²) in [5, 5.41) is 0.533. The molecule has 1 aliphatic heterocycles. The SMILES string of the molecule is CC(C)(C)C(=O)c1cc(Cl)cc2c1OCOC2. The van der Waals surface area contributed by atoms with Crippen LogP contribution in [0, 0.1) is 5.41 Å². The molecule has 17 heavy (non-hydrogen) atoms. The molecule has 0 fully saturated rings. The summed E-state index contributed by atoms with van der Waals surface area (Å²) < 4.78 is 10.6. The van der Waals surface area contributed by atoms with Gasteiger partial charge in [-0.05, 0) is 12.1 Å². The van der Waals surface area contributed by atoms with Gasteiger partial charge in [-0.1, -0.05) is 32.4 Å². The van der Waals surface area contributed by atoms with E-state index in [1.165, 1.54) is 0 Å². The van der Waals surface area contributed by atoms with Gasteiger partial charge in [0.2, 0.25) is 0 Å². The minimum Gasteiger partial charge on any atom is -0.466 e. The van der Waals surface area contributed by atoms with Gasteiger partial charge < -0.3 is 9.47 Å². The molecule has 0 radical (unpaired) electrons. The van der Waals surface area contributed by atoms with E-state index in [2.05, 4.69) is 0 Å². The smallest absolute Gasteiger partial charge is 0.189 e. The minimum atomic E-state index is -0.458.